The highest BCUT2D eigenvalue weighted by Gasteiger charge is 1.97. The molecule has 0 aliphatic carbocycles. The predicted octanol–water partition coefficient (Wildman–Crippen LogP) is -0.294. The fraction of sp³-hybridized carbons (Fsp3) is 0.500. The maximum atomic E-state index is 5.44. The van der Waals surface area contributed by atoms with Gasteiger partial charge in [-0.15, -0.1) is 5.10 Å². The summed E-state index contributed by atoms with van der Waals surface area (Å²) in [5, 5.41) is 7.36. The Morgan fingerprint density at radius 1 is 1.62 bits per heavy atom. The first kappa shape index (κ1) is 5.08. The normalized spacial score (nSPS) is 9.75. The van der Waals surface area contributed by atoms with Crippen molar-refractivity contribution in [3.8, 4) is 0 Å². The first-order valence-electron chi connectivity index (χ1n) is 2.33. The van der Waals surface area contributed by atoms with Gasteiger partial charge in [-0.05, 0) is 6.92 Å². The summed E-state index contributed by atoms with van der Waals surface area (Å²) < 4.78 is 1.54. The zero-order valence-corrected chi connectivity index (χ0v) is 4.92. The number of nitrogens with zero attached hydrogens (tertiary/aromatic N) is 3. The molecule has 1 rings (SSSR count). The maximum Gasteiger partial charge on any atom is 0.144 e. The van der Waals surface area contributed by atoms with Crippen molar-refractivity contribution in [1.82, 2.24) is 15.0 Å². The maximum absolute atomic E-state index is 5.44. The van der Waals surface area contributed by atoms with Crippen molar-refractivity contribution < 1.29 is 0 Å². The van der Waals surface area contributed by atoms with E-state index in [0.717, 1.165) is 5.69 Å². The molecule has 2 N–H and O–H groups in total. The smallest absolute Gasteiger partial charge is 0.144 e. The molecule has 0 amide bonds. The molecule has 0 saturated carbocycles. The second-order valence-electron chi connectivity index (χ2n) is 1.68. The molecule has 8 heavy (non-hydrogen) atoms. The molecular weight excluding hydrogens is 104 g/mol. The van der Waals surface area contributed by atoms with Gasteiger partial charge >= 0.3 is 0 Å². The summed E-state index contributed by atoms with van der Waals surface area (Å²) in [7, 11) is 1.76. The van der Waals surface area contributed by atoms with E-state index in [9.17, 15) is 0 Å². The van der Waals surface area contributed by atoms with Gasteiger partial charge in [0.1, 0.15) is 11.5 Å². The van der Waals surface area contributed by atoms with Crippen LogP contribution in [0.3, 0.4) is 0 Å². The van der Waals surface area contributed by atoms with E-state index < -0.39 is 0 Å². The molecule has 0 radical (unpaired) electrons. The molecule has 1 aromatic heterocycles. The Bertz CT molecular complexity index is 170. The van der Waals surface area contributed by atoms with Crippen LogP contribution in [0.5, 0.6) is 0 Å². The third-order valence-electron chi connectivity index (χ3n) is 1.05. The van der Waals surface area contributed by atoms with E-state index in [0.29, 0.717) is 5.82 Å². The lowest BCUT2D eigenvalue weighted by Crippen LogP contribution is -1.97. The fourth-order valence-corrected chi connectivity index (χ4v) is 0.468. The van der Waals surface area contributed by atoms with E-state index in [2.05, 4.69) is 10.3 Å². The van der Waals surface area contributed by atoms with Gasteiger partial charge in [-0.2, -0.15) is 0 Å². The molecule has 1 aromatic rings. The molecule has 0 aromatic carbocycles. The van der Waals surface area contributed by atoms with E-state index in [-0.39, 0.29) is 0 Å². The SMILES string of the molecule is Cc1nnn(C)c1N. The molecule has 44 valence electrons. The lowest BCUT2D eigenvalue weighted by molar-refractivity contribution is 0.721. The number of hydrogen-bond donors (Lipinski definition) is 1. The largest absolute Gasteiger partial charge is 0.382 e. The molecule has 0 bridgehead atoms. The lowest BCUT2D eigenvalue weighted by atomic mass is 10.5. The highest BCUT2D eigenvalue weighted by molar-refractivity contribution is 5.31. The van der Waals surface area contributed by atoms with E-state index in [4.69, 9.17) is 5.73 Å². The molecule has 0 aliphatic heterocycles. The number of nitrogen functional groups attached to an aromatic ring is 1. The minimum atomic E-state index is 0.630. The molecule has 0 atom stereocenters. The third-order valence-corrected chi connectivity index (χ3v) is 1.05. The van der Waals surface area contributed by atoms with Crippen molar-refractivity contribution >= 4 is 5.82 Å². The highest BCUT2D eigenvalue weighted by atomic mass is 15.4. The van der Waals surface area contributed by atoms with Crippen molar-refractivity contribution in [2.45, 2.75) is 6.92 Å². The van der Waals surface area contributed by atoms with Crippen LogP contribution in [0.2, 0.25) is 0 Å². The zero-order valence-electron chi connectivity index (χ0n) is 4.92. The summed E-state index contributed by atoms with van der Waals surface area (Å²) in [5.41, 5.74) is 6.22. The summed E-state index contributed by atoms with van der Waals surface area (Å²) in [6.07, 6.45) is 0. The van der Waals surface area contributed by atoms with Crippen LogP contribution in [0.15, 0.2) is 0 Å². The van der Waals surface area contributed by atoms with Gasteiger partial charge in [0.15, 0.2) is 0 Å². The Kier molecular flexibility index (Phi) is 0.932. The van der Waals surface area contributed by atoms with E-state index in [1.165, 1.54) is 4.68 Å². The van der Waals surface area contributed by atoms with Crippen LogP contribution in [-0.4, -0.2) is 15.0 Å². The lowest BCUT2D eigenvalue weighted by Gasteiger charge is -1.88. The number of nitrogens with two attached hydrogens (primary N) is 1. The summed E-state index contributed by atoms with van der Waals surface area (Å²) in [4.78, 5) is 0. The molecule has 0 saturated heterocycles. The second-order valence-corrected chi connectivity index (χ2v) is 1.68. The predicted molar refractivity (Wildman–Crippen MR) is 30.2 cm³/mol. The number of anilines is 1. The second kappa shape index (κ2) is 1.47. The highest BCUT2D eigenvalue weighted by Crippen LogP contribution is 2.00. The Hall–Kier alpha value is -1.06. The minimum absolute atomic E-state index is 0.630. The van der Waals surface area contributed by atoms with Crippen LogP contribution in [0.25, 0.3) is 0 Å². The molecule has 0 fully saturated rings. The van der Waals surface area contributed by atoms with Gasteiger partial charge in [-0.3, -0.25) is 0 Å². The van der Waals surface area contributed by atoms with Gasteiger partial charge < -0.3 is 5.73 Å². The fourth-order valence-electron chi connectivity index (χ4n) is 0.468. The van der Waals surface area contributed by atoms with Crippen LogP contribution in [0.4, 0.5) is 5.82 Å². The summed E-state index contributed by atoms with van der Waals surface area (Å²) >= 11 is 0. The number of hydrogen-bond acceptors (Lipinski definition) is 3. The zero-order chi connectivity index (χ0) is 6.15. The Morgan fingerprint density at radius 3 is 2.38 bits per heavy atom. The van der Waals surface area contributed by atoms with Crippen LogP contribution >= 0.6 is 0 Å². The van der Waals surface area contributed by atoms with Gasteiger partial charge in [-0.25, -0.2) is 4.68 Å². The third kappa shape index (κ3) is 0.538. The quantitative estimate of drug-likeness (QED) is 0.501. The van der Waals surface area contributed by atoms with Crippen LogP contribution < -0.4 is 5.73 Å². The molecular formula is C4H8N4. The molecule has 0 unspecified atom stereocenters. The summed E-state index contributed by atoms with van der Waals surface area (Å²) in [6, 6.07) is 0. The van der Waals surface area contributed by atoms with Crippen LogP contribution in [0, 0.1) is 6.92 Å². The van der Waals surface area contributed by atoms with Crippen LogP contribution in [0.1, 0.15) is 5.69 Å². The number of aryl methyl sites for hydroxylation is 2. The average Bonchev–Trinajstić information content (AvgIpc) is 1.98. The Balaban J connectivity index is 3.19. The Labute approximate surface area is 47.3 Å². The summed E-state index contributed by atoms with van der Waals surface area (Å²) in [5.74, 6) is 0.630. The van der Waals surface area contributed by atoms with Crippen molar-refractivity contribution in [3.63, 3.8) is 0 Å². The monoisotopic (exact) mass is 112 g/mol. The molecule has 0 aliphatic rings. The minimum Gasteiger partial charge on any atom is -0.382 e. The Morgan fingerprint density at radius 2 is 2.25 bits per heavy atom. The van der Waals surface area contributed by atoms with Crippen LogP contribution in [-0.2, 0) is 7.05 Å². The van der Waals surface area contributed by atoms with Gasteiger partial charge in [0.25, 0.3) is 0 Å². The van der Waals surface area contributed by atoms with E-state index >= 15 is 0 Å². The van der Waals surface area contributed by atoms with Crippen molar-refractivity contribution in [3.05, 3.63) is 5.69 Å². The molecule has 4 heteroatoms. The first-order chi connectivity index (χ1) is 3.72. The molecule has 0 spiro atoms. The topological polar surface area (TPSA) is 56.7 Å². The summed E-state index contributed by atoms with van der Waals surface area (Å²) in [6.45, 7) is 1.82. The molecule has 1 heterocycles. The number of rotatable bonds is 0. The van der Waals surface area contributed by atoms with Gasteiger partial charge in [-0.1, -0.05) is 5.21 Å². The van der Waals surface area contributed by atoms with Gasteiger partial charge in [0.05, 0.1) is 0 Å². The average molecular weight is 112 g/mol. The standard InChI is InChI=1S/C4H8N4/c1-3-4(5)8(2)7-6-3/h5H2,1-2H3. The van der Waals surface area contributed by atoms with E-state index in [1.807, 2.05) is 6.92 Å². The van der Waals surface area contributed by atoms with Gasteiger partial charge in [0, 0.05) is 7.05 Å². The van der Waals surface area contributed by atoms with Crippen molar-refractivity contribution in [2.24, 2.45) is 7.05 Å². The van der Waals surface area contributed by atoms with Gasteiger partial charge in [0.2, 0.25) is 0 Å². The molecule has 4 nitrogen and oxygen atoms in total. The van der Waals surface area contributed by atoms with E-state index in [1.54, 1.807) is 7.05 Å². The van der Waals surface area contributed by atoms with Crippen molar-refractivity contribution in [1.29, 1.82) is 0 Å². The van der Waals surface area contributed by atoms with Crippen molar-refractivity contribution in [2.75, 3.05) is 5.73 Å². The number of aromatic nitrogens is 3. The first-order valence-corrected chi connectivity index (χ1v) is 2.33.